The highest BCUT2D eigenvalue weighted by Crippen LogP contribution is 2.66. The molecule has 1 fully saturated rings. The molecule has 3 aliphatic rings. The summed E-state index contributed by atoms with van der Waals surface area (Å²) < 4.78 is 126. The Kier molecular flexibility index (Phi) is 17.6. The first-order chi connectivity index (χ1) is 30.7. The molecule has 1 amide bonds. The second-order valence-corrected chi connectivity index (χ2v) is 22.4. The van der Waals surface area contributed by atoms with Crippen LogP contribution in [-0.4, -0.2) is 139 Å². The van der Waals surface area contributed by atoms with Crippen molar-refractivity contribution in [2.24, 2.45) is 0 Å². The molecule has 2 aliphatic heterocycles. The number of amides is 1. The summed E-state index contributed by atoms with van der Waals surface area (Å²) in [5.74, 6) is -4.06. The number of phosphoric acid groups is 2. The summed E-state index contributed by atoms with van der Waals surface area (Å²) in [6.07, 6.45) is 0.706. The van der Waals surface area contributed by atoms with Gasteiger partial charge in [0.25, 0.3) is 16.0 Å². The highest BCUT2D eigenvalue weighted by Gasteiger charge is 2.42. The van der Waals surface area contributed by atoms with E-state index in [0.29, 0.717) is 37.0 Å². The van der Waals surface area contributed by atoms with Gasteiger partial charge in [-0.1, -0.05) is 6.07 Å². The lowest BCUT2D eigenvalue weighted by Gasteiger charge is -2.30. The smallest absolute Gasteiger partial charge is 0.489 e. The van der Waals surface area contributed by atoms with E-state index in [-0.39, 0.29) is 65.1 Å². The molecule has 366 valence electrons. The molecular weight excluding hydrogens is 963 g/mol. The van der Waals surface area contributed by atoms with Crippen LogP contribution in [0.5, 0.6) is 5.75 Å². The second-order valence-electron chi connectivity index (χ2n) is 16.2. The minimum absolute atomic E-state index is 0.130. The predicted octanol–water partition coefficient (Wildman–Crippen LogP) is 4.18. The SMILES string of the molecule is CN(CCCC[N+](C)(C)CCCNC(=O)c1ccc(-c2c3cc(F)c(=O)cc-3oc3cc(O)c(F)cc23)c(S(=O)(=O)O)c1)CCCNP(=O)(O)OP(=O)(O)OP(=O)(O)OC[C@H]1OCCC1O. The van der Waals surface area contributed by atoms with Crippen molar-refractivity contribution in [3.63, 3.8) is 0 Å². The van der Waals surface area contributed by atoms with Gasteiger partial charge in [0, 0.05) is 65.9 Å². The molecule has 0 radical (unpaired) electrons. The number of phosphoric ester groups is 1. The molecule has 5 atom stereocenters. The Balaban J connectivity index is 1.05. The van der Waals surface area contributed by atoms with Gasteiger partial charge < -0.3 is 48.7 Å². The highest BCUT2D eigenvalue weighted by molar-refractivity contribution is 7.86. The molecule has 66 heavy (non-hydrogen) atoms. The lowest BCUT2D eigenvalue weighted by molar-refractivity contribution is -0.890. The van der Waals surface area contributed by atoms with Crippen LogP contribution < -0.4 is 15.8 Å². The van der Waals surface area contributed by atoms with E-state index in [9.17, 15) is 69.9 Å². The van der Waals surface area contributed by atoms with E-state index in [4.69, 9.17) is 9.15 Å². The topological polar surface area (TPSA) is 318 Å². The molecule has 4 unspecified atom stereocenters. The zero-order valence-corrected chi connectivity index (χ0v) is 39.4. The molecule has 2 heterocycles. The Morgan fingerprint density at radius 3 is 2.30 bits per heavy atom. The van der Waals surface area contributed by atoms with Gasteiger partial charge in [-0.25, -0.2) is 27.6 Å². The largest absolute Gasteiger partial charge is 0.505 e. The van der Waals surface area contributed by atoms with Crippen molar-refractivity contribution >= 4 is 50.4 Å². The van der Waals surface area contributed by atoms with Crippen LogP contribution in [0, 0.1) is 11.6 Å². The number of phenols is 1. The standard InChI is InChI=1S/C38H51F2N4O18P3S/c1-43(14-6-12-42-63(49,50)61-65(53,54)62-64(51,52)59-23-35-30(45)10-17-58-35)13-4-5-15-44(2,3)16-7-11-41-38(48)24-8-9-25(36(18-24)66(55,56)57)37-26-19-28(39)31(46)21-33(26)60-34-22-32(47)29(40)20-27(34)37/h8-9,18-22,30,35,45H,4-7,10-17,23H2,1-3H3,(H6-,41,42,46,47,48,49,50,51,52,53,54,55,56,57)/p+1/t30?,35-/m1/s1. The molecule has 2 aromatic carbocycles. The second kappa shape index (κ2) is 21.8. The lowest BCUT2D eigenvalue weighted by atomic mass is 9.92. The predicted molar refractivity (Wildman–Crippen MR) is 232 cm³/mol. The number of benzene rings is 3. The first kappa shape index (κ1) is 53.4. The van der Waals surface area contributed by atoms with E-state index in [1.165, 1.54) is 12.1 Å². The van der Waals surface area contributed by atoms with Crippen LogP contribution in [0.1, 0.15) is 42.5 Å². The maximum absolute atomic E-state index is 14.6. The summed E-state index contributed by atoms with van der Waals surface area (Å²) in [7, 11) is -15.1. The van der Waals surface area contributed by atoms with Crippen LogP contribution in [0.15, 0.2) is 56.6 Å². The van der Waals surface area contributed by atoms with Gasteiger partial charge in [0.2, 0.25) is 5.43 Å². The van der Waals surface area contributed by atoms with E-state index >= 15 is 0 Å². The molecule has 1 saturated heterocycles. The maximum Gasteiger partial charge on any atom is 0.489 e. The molecule has 0 saturated carbocycles. The molecule has 0 aromatic heterocycles. The normalized spacial score (nSPS) is 18.7. The van der Waals surface area contributed by atoms with Gasteiger partial charge in [-0.15, -0.1) is 0 Å². The fraction of sp³-hybridized carbons (Fsp3) is 0.474. The molecule has 1 aliphatic carbocycles. The number of aliphatic hydroxyl groups excluding tert-OH is 1. The number of halogens is 2. The van der Waals surface area contributed by atoms with Gasteiger partial charge in [-0.3, -0.25) is 18.7 Å². The molecular formula is C38H52F2N4O18P3S+. The van der Waals surface area contributed by atoms with Crippen molar-refractivity contribution in [3.8, 4) is 28.2 Å². The fourth-order valence-corrected chi connectivity index (χ4v) is 11.6. The van der Waals surface area contributed by atoms with Crippen LogP contribution in [0.4, 0.5) is 8.78 Å². The van der Waals surface area contributed by atoms with Crippen LogP contribution in [0.2, 0.25) is 0 Å². The third kappa shape index (κ3) is 15.0. The number of aliphatic hydroxyl groups is 1. The number of ether oxygens (including phenoxy) is 1. The Hall–Kier alpha value is -3.58. The minimum atomic E-state index is -5.58. The monoisotopic (exact) mass is 1020 g/mol. The number of nitrogens with one attached hydrogen (secondary N) is 2. The zero-order valence-electron chi connectivity index (χ0n) is 35.9. The highest BCUT2D eigenvalue weighted by atomic mass is 32.2. The Morgan fingerprint density at radius 2 is 1.62 bits per heavy atom. The van der Waals surface area contributed by atoms with Gasteiger partial charge in [0.1, 0.15) is 22.3 Å². The summed E-state index contributed by atoms with van der Waals surface area (Å²) in [4.78, 5) is 56.0. The third-order valence-corrected chi connectivity index (χ3v) is 15.8. The van der Waals surface area contributed by atoms with Crippen molar-refractivity contribution in [2.45, 2.75) is 49.2 Å². The first-order valence-electron chi connectivity index (χ1n) is 20.3. The zero-order chi connectivity index (χ0) is 48.8. The number of phenolic OH excluding ortho intramolecular Hbond substituents is 1. The molecule has 0 spiro atoms. The quantitative estimate of drug-likeness (QED) is 0.0160. The average Bonchev–Trinajstić information content (AvgIpc) is 3.62. The van der Waals surface area contributed by atoms with Gasteiger partial charge in [0.15, 0.2) is 17.4 Å². The number of rotatable bonds is 24. The van der Waals surface area contributed by atoms with Crippen molar-refractivity contribution in [1.82, 2.24) is 15.3 Å². The van der Waals surface area contributed by atoms with Crippen LogP contribution in [0.3, 0.4) is 0 Å². The summed E-state index contributed by atoms with van der Waals surface area (Å²) in [5, 5.41) is 24.3. The number of unbranched alkanes of at least 4 members (excludes halogenated alkanes) is 1. The third-order valence-electron chi connectivity index (χ3n) is 10.4. The van der Waals surface area contributed by atoms with Gasteiger partial charge >= 0.3 is 23.4 Å². The number of quaternary nitrogens is 1. The Morgan fingerprint density at radius 1 is 0.924 bits per heavy atom. The number of nitrogens with zero attached hydrogens (tertiary/aromatic N) is 2. The number of hydrogen-bond acceptors (Lipinski definition) is 15. The van der Waals surface area contributed by atoms with Crippen molar-refractivity contribution in [3.05, 3.63) is 69.9 Å². The Labute approximate surface area is 377 Å². The van der Waals surface area contributed by atoms with Gasteiger partial charge in [-0.05, 0) is 70.1 Å². The molecule has 8 N–H and O–H groups in total. The molecule has 22 nitrogen and oxygen atoms in total. The molecule has 0 bridgehead atoms. The number of fused-ring (bicyclic) bond motifs is 2. The summed E-state index contributed by atoms with van der Waals surface area (Å²) in [5.41, 5.74) is -1.97. The number of carbonyl (C=O) groups is 1. The van der Waals surface area contributed by atoms with Crippen LogP contribution in [-0.2, 0) is 41.7 Å². The van der Waals surface area contributed by atoms with E-state index in [0.717, 1.165) is 49.7 Å². The van der Waals surface area contributed by atoms with Gasteiger partial charge in [-0.2, -0.15) is 17.0 Å². The van der Waals surface area contributed by atoms with Crippen molar-refractivity contribution in [2.75, 3.05) is 73.6 Å². The molecule has 5 rings (SSSR count). The van der Waals surface area contributed by atoms with Gasteiger partial charge in [0.05, 0.1) is 39.9 Å². The van der Waals surface area contributed by atoms with E-state index in [1.54, 1.807) is 0 Å². The summed E-state index contributed by atoms with van der Waals surface area (Å²) >= 11 is 0. The van der Waals surface area contributed by atoms with Crippen LogP contribution in [0.25, 0.3) is 33.4 Å². The minimum Gasteiger partial charge on any atom is -0.505 e. The van der Waals surface area contributed by atoms with Crippen molar-refractivity contribution < 1.29 is 91.9 Å². The average molecular weight is 1020 g/mol. The number of carbonyl (C=O) groups excluding carboxylic acids is 1. The Bertz CT molecular complexity index is 2690. The first-order valence-corrected chi connectivity index (χ1v) is 26.3. The van der Waals surface area contributed by atoms with Crippen LogP contribution >= 0.6 is 23.4 Å². The summed E-state index contributed by atoms with van der Waals surface area (Å²) in [6, 6.07) is 6.64. The van der Waals surface area contributed by atoms with E-state index in [1.807, 2.05) is 26.0 Å². The maximum atomic E-state index is 14.6. The van der Waals surface area contributed by atoms with E-state index < -0.39 is 85.9 Å². The number of aromatic hydroxyl groups is 1. The lowest BCUT2D eigenvalue weighted by Crippen LogP contribution is -2.42. The molecule has 2 aromatic rings. The summed E-state index contributed by atoms with van der Waals surface area (Å²) in [6.45, 7) is 2.08. The van der Waals surface area contributed by atoms with E-state index in [2.05, 4.69) is 23.5 Å². The van der Waals surface area contributed by atoms with Crippen molar-refractivity contribution in [1.29, 1.82) is 0 Å². The fourth-order valence-electron chi connectivity index (χ4n) is 7.10. The molecule has 28 heteroatoms. The number of hydrogen-bond donors (Lipinski definition) is 8.